The molecular weight excluding hydrogens is 354 g/mol. The van der Waals surface area contributed by atoms with Crippen molar-refractivity contribution < 1.29 is 4.79 Å². The Kier molecular flexibility index (Phi) is 4.39. The van der Waals surface area contributed by atoms with Crippen molar-refractivity contribution in [2.75, 3.05) is 18.0 Å². The Bertz CT molecular complexity index is 971. The molecule has 138 valence electrons. The third-order valence-electron chi connectivity index (χ3n) is 5.31. The summed E-state index contributed by atoms with van der Waals surface area (Å²) in [7, 11) is 0. The quantitative estimate of drug-likeness (QED) is 0.735. The lowest BCUT2D eigenvalue weighted by Crippen LogP contribution is -2.32. The molecule has 2 aliphatic rings. The van der Waals surface area contributed by atoms with Gasteiger partial charge in [-0.15, -0.1) is 11.3 Å². The van der Waals surface area contributed by atoms with Crippen LogP contribution in [-0.4, -0.2) is 24.7 Å². The Morgan fingerprint density at radius 2 is 1.96 bits per heavy atom. The summed E-state index contributed by atoms with van der Waals surface area (Å²) in [6.45, 7) is 6.78. The number of fused-ring (bicyclic) bond motifs is 3. The molecule has 4 nitrogen and oxygen atoms in total. The van der Waals surface area contributed by atoms with Crippen LogP contribution in [-0.2, 0) is 23.1 Å². The standard InChI is InChI=1S/C22H23N3OS/c1-22(2,3)15-9-7-14(8-10-15)20-19-16-5-4-6-17(16)27-21(19)25(12-11-23)18(26)13-24-20/h7-10H,4-6,12-13H2,1-3H3. The summed E-state index contributed by atoms with van der Waals surface area (Å²) in [5, 5.41) is 10.1. The number of thiophene rings is 1. The highest BCUT2D eigenvalue weighted by Gasteiger charge is 2.33. The van der Waals surface area contributed by atoms with Crippen LogP contribution < -0.4 is 4.90 Å². The van der Waals surface area contributed by atoms with Crippen LogP contribution >= 0.6 is 11.3 Å². The van der Waals surface area contributed by atoms with Crippen molar-refractivity contribution in [2.24, 2.45) is 4.99 Å². The smallest absolute Gasteiger partial charge is 0.250 e. The molecule has 1 aliphatic heterocycles. The second kappa shape index (κ2) is 6.61. The summed E-state index contributed by atoms with van der Waals surface area (Å²) < 4.78 is 0. The van der Waals surface area contributed by atoms with Crippen LogP contribution in [0.4, 0.5) is 5.00 Å². The van der Waals surface area contributed by atoms with Gasteiger partial charge in [0.1, 0.15) is 18.1 Å². The van der Waals surface area contributed by atoms with Crippen LogP contribution in [0.15, 0.2) is 29.3 Å². The predicted molar refractivity (Wildman–Crippen MR) is 110 cm³/mol. The first kappa shape index (κ1) is 17.9. The van der Waals surface area contributed by atoms with Gasteiger partial charge in [0.2, 0.25) is 5.91 Å². The van der Waals surface area contributed by atoms with Gasteiger partial charge in [-0.25, -0.2) is 0 Å². The molecule has 4 rings (SSSR count). The van der Waals surface area contributed by atoms with Crippen molar-refractivity contribution in [3.63, 3.8) is 0 Å². The van der Waals surface area contributed by atoms with E-state index in [9.17, 15) is 10.1 Å². The van der Waals surface area contributed by atoms with E-state index in [4.69, 9.17) is 4.99 Å². The number of hydrogen-bond donors (Lipinski definition) is 0. The average Bonchev–Trinajstić information content (AvgIpc) is 3.18. The molecule has 1 aliphatic carbocycles. The Hall–Kier alpha value is -2.45. The lowest BCUT2D eigenvalue weighted by molar-refractivity contribution is -0.117. The average molecular weight is 378 g/mol. The maximum Gasteiger partial charge on any atom is 0.250 e. The Morgan fingerprint density at radius 1 is 1.22 bits per heavy atom. The molecule has 2 aromatic rings. The van der Waals surface area contributed by atoms with Crippen LogP contribution in [0.5, 0.6) is 0 Å². The maximum absolute atomic E-state index is 12.6. The lowest BCUT2D eigenvalue weighted by Gasteiger charge is -2.20. The van der Waals surface area contributed by atoms with Crippen molar-refractivity contribution >= 4 is 28.0 Å². The van der Waals surface area contributed by atoms with Crippen molar-refractivity contribution in [2.45, 2.75) is 45.4 Å². The normalized spacial score (nSPS) is 16.4. The van der Waals surface area contributed by atoms with Gasteiger partial charge in [0.25, 0.3) is 0 Å². The molecule has 0 N–H and O–H groups in total. The molecule has 1 amide bonds. The number of rotatable bonds is 2. The fourth-order valence-electron chi connectivity index (χ4n) is 3.84. The number of aliphatic imine (C=N–C) groups is 1. The van der Waals surface area contributed by atoms with Gasteiger partial charge in [0, 0.05) is 16.0 Å². The highest BCUT2D eigenvalue weighted by Crippen LogP contribution is 2.43. The molecule has 0 fully saturated rings. The summed E-state index contributed by atoms with van der Waals surface area (Å²) >= 11 is 1.67. The molecular formula is C22H23N3OS. The highest BCUT2D eigenvalue weighted by molar-refractivity contribution is 7.17. The number of benzene rings is 1. The predicted octanol–water partition coefficient (Wildman–Crippen LogP) is 4.24. The molecule has 1 aromatic heterocycles. The van der Waals surface area contributed by atoms with Crippen molar-refractivity contribution in [1.82, 2.24) is 0 Å². The SMILES string of the molecule is CC(C)(C)c1ccc(C2=NCC(=O)N(CC#N)c3sc4c(c32)CCC4)cc1. The number of nitriles is 1. The van der Waals surface area contributed by atoms with E-state index >= 15 is 0 Å². The van der Waals surface area contributed by atoms with Gasteiger partial charge in [0.05, 0.1) is 11.8 Å². The third kappa shape index (κ3) is 3.08. The zero-order chi connectivity index (χ0) is 19.2. The number of amides is 1. The Morgan fingerprint density at radius 3 is 2.63 bits per heavy atom. The van der Waals surface area contributed by atoms with Gasteiger partial charge in [-0.3, -0.25) is 14.7 Å². The number of hydrogen-bond acceptors (Lipinski definition) is 4. The van der Waals surface area contributed by atoms with Crippen LogP contribution in [0.3, 0.4) is 0 Å². The van der Waals surface area contributed by atoms with Gasteiger partial charge in [-0.1, -0.05) is 45.0 Å². The first-order valence-electron chi connectivity index (χ1n) is 9.37. The number of carbonyl (C=O) groups excluding carboxylic acids is 1. The molecule has 0 radical (unpaired) electrons. The van der Waals surface area contributed by atoms with Gasteiger partial charge in [-0.05, 0) is 35.8 Å². The minimum Gasteiger partial charge on any atom is -0.288 e. The summed E-state index contributed by atoms with van der Waals surface area (Å²) in [5.74, 6) is -0.0981. The zero-order valence-corrected chi connectivity index (χ0v) is 16.8. The van der Waals surface area contributed by atoms with Gasteiger partial charge < -0.3 is 0 Å². The van der Waals surface area contributed by atoms with Crippen molar-refractivity contribution in [3.8, 4) is 6.07 Å². The molecule has 0 bridgehead atoms. The second-order valence-corrected chi connectivity index (χ2v) is 9.25. The molecule has 0 saturated heterocycles. The molecule has 0 atom stereocenters. The summed E-state index contributed by atoms with van der Waals surface area (Å²) in [5.41, 5.74) is 5.72. The minimum atomic E-state index is -0.0981. The maximum atomic E-state index is 12.6. The van der Waals surface area contributed by atoms with Crippen molar-refractivity contribution in [1.29, 1.82) is 5.26 Å². The van der Waals surface area contributed by atoms with E-state index in [1.54, 1.807) is 16.2 Å². The highest BCUT2D eigenvalue weighted by atomic mass is 32.1. The third-order valence-corrected chi connectivity index (χ3v) is 6.63. The Labute approximate surface area is 164 Å². The van der Waals surface area contributed by atoms with Gasteiger partial charge in [-0.2, -0.15) is 5.26 Å². The van der Waals surface area contributed by atoms with Crippen LogP contribution in [0.25, 0.3) is 0 Å². The fraction of sp³-hybridized carbons (Fsp3) is 0.409. The number of carbonyl (C=O) groups is 1. The zero-order valence-electron chi connectivity index (χ0n) is 16.0. The Balaban J connectivity index is 1.85. The number of nitrogens with zero attached hydrogens (tertiary/aromatic N) is 3. The topological polar surface area (TPSA) is 56.5 Å². The van der Waals surface area contributed by atoms with Crippen molar-refractivity contribution in [3.05, 3.63) is 51.4 Å². The molecule has 2 heterocycles. The largest absolute Gasteiger partial charge is 0.288 e. The van der Waals surface area contributed by atoms with E-state index in [2.05, 4.69) is 51.1 Å². The van der Waals surface area contributed by atoms with Gasteiger partial charge in [0.15, 0.2) is 0 Å². The molecule has 5 heteroatoms. The van der Waals surface area contributed by atoms with E-state index in [0.717, 1.165) is 41.1 Å². The lowest BCUT2D eigenvalue weighted by atomic mass is 9.86. The van der Waals surface area contributed by atoms with Crippen LogP contribution in [0, 0.1) is 11.3 Å². The van der Waals surface area contributed by atoms with Gasteiger partial charge >= 0.3 is 0 Å². The molecule has 1 aromatic carbocycles. The van der Waals surface area contributed by atoms with E-state index < -0.39 is 0 Å². The second-order valence-electron chi connectivity index (χ2n) is 8.17. The summed E-state index contributed by atoms with van der Waals surface area (Å²) in [6, 6.07) is 10.7. The van der Waals surface area contributed by atoms with Crippen LogP contribution in [0.2, 0.25) is 0 Å². The fourth-order valence-corrected chi connectivity index (χ4v) is 5.25. The minimum absolute atomic E-state index is 0.0803. The number of anilines is 1. The van der Waals surface area contributed by atoms with E-state index in [-0.39, 0.29) is 24.4 Å². The summed E-state index contributed by atoms with van der Waals surface area (Å²) in [4.78, 5) is 20.3. The molecule has 27 heavy (non-hydrogen) atoms. The molecule has 0 saturated carbocycles. The van der Waals surface area contributed by atoms with E-state index in [1.807, 2.05) is 0 Å². The molecule has 0 spiro atoms. The van der Waals surface area contributed by atoms with E-state index in [1.165, 1.54) is 16.0 Å². The number of aryl methyl sites for hydroxylation is 1. The first-order valence-corrected chi connectivity index (χ1v) is 10.2. The summed E-state index contributed by atoms with van der Waals surface area (Å²) in [6.07, 6.45) is 3.23. The first-order chi connectivity index (χ1) is 12.9. The monoisotopic (exact) mass is 377 g/mol. The van der Waals surface area contributed by atoms with Crippen LogP contribution in [0.1, 0.15) is 54.3 Å². The molecule has 0 unspecified atom stereocenters. The van der Waals surface area contributed by atoms with E-state index in [0.29, 0.717) is 0 Å².